The lowest BCUT2D eigenvalue weighted by Crippen LogP contribution is -2.41. The second-order valence-electron chi connectivity index (χ2n) is 5.10. The third-order valence-corrected chi connectivity index (χ3v) is 3.57. The van der Waals surface area contributed by atoms with Crippen LogP contribution in [0.4, 0.5) is 0 Å². The molecule has 1 aliphatic rings. The van der Waals surface area contributed by atoms with Gasteiger partial charge in [-0.3, -0.25) is 0 Å². The van der Waals surface area contributed by atoms with Gasteiger partial charge in [0.15, 0.2) is 0 Å². The Bertz CT molecular complexity index is 359. The normalized spacial score (nSPS) is 18.6. The number of aliphatic hydroxyl groups is 1. The Morgan fingerprint density at radius 3 is 2.72 bits per heavy atom. The molecule has 0 radical (unpaired) electrons. The zero-order valence-electron chi connectivity index (χ0n) is 11.0. The minimum atomic E-state index is -0.502. The van der Waals surface area contributed by atoms with Crippen LogP contribution in [0.2, 0.25) is 0 Å². The Labute approximate surface area is 108 Å². The Hall–Kier alpha value is -1.13. The van der Waals surface area contributed by atoms with E-state index in [1.165, 1.54) is 6.42 Å². The van der Waals surface area contributed by atoms with E-state index in [1.54, 1.807) is 13.3 Å². The van der Waals surface area contributed by atoms with Crippen molar-refractivity contribution in [3.05, 3.63) is 23.9 Å². The summed E-state index contributed by atoms with van der Waals surface area (Å²) in [6.45, 7) is 1.40. The molecule has 100 valence electrons. The third-order valence-electron chi connectivity index (χ3n) is 3.57. The number of methoxy groups -OCH3 is 1. The number of ether oxygens (including phenoxy) is 1. The van der Waals surface area contributed by atoms with Crippen LogP contribution in [0, 0.1) is 0 Å². The summed E-state index contributed by atoms with van der Waals surface area (Å²) in [7, 11) is 1.61. The molecule has 1 heterocycles. The average Bonchev–Trinajstić information content (AvgIpc) is 2.40. The molecule has 0 aromatic carbocycles. The molecule has 0 unspecified atom stereocenters. The van der Waals surface area contributed by atoms with E-state index in [9.17, 15) is 5.11 Å². The molecular formula is C14H22N2O2. The van der Waals surface area contributed by atoms with Gasteiger partial charge in [-0.1, -0.05) is 25.3 Å². The number of aromatic nitrogens is 1. The van der Waals surface area contributed by atoms with E-state index in [0.29, 0.717) is 12.4 Å². The number of nitrogens with one attached hydrogen (secondary N) is 1. The monoisotopic (exact) mass is 250 g/mol. The van der Waals surface area contributed by atoms with Gasteiger partial charge in [0.2, 0.25) is 5.88 Å². The highest BCUT2D eigenvalue weighted by atomic mass is 16.5. The molecule has 1 aromatic rings. The summed E-state index contributed by atoms with van der Waals surface area (Å²) in [6.07, 6.45) is 7.17. The fourth-order valence-corrected chi connectivity index (χ4v) is 2.46. The molecule has 18 heavy (non-hydrogen) atoms. The molecule has 0 amide bonds. The lowest BCUT2D eigenvalue weighted by atomic mass is 9.85. The Kier molecular flexibility index (Phi) is 4.55. The minimum absolute atomic E-state index is 0.502. The van der Waals surface area contributed by atoms with Crippen molar-refractivity contribution in [3.8, 4) is 5.88 Å². The smallest absolute Gasteiger partial charge is 0.212 e. The van der Waals surface area contributed by atoms with E-state index in [1.807, 2.05) is 12.1 Å². The van der Waals surface area contributed by atoms with Crippen LogP contribution >= 0.6 is 0 Å². The van der Waals surface area contributed by atoms with Gasteiger partial charge in [0.25, 0.3) is 0 Å². The first-order valence-corrected chi connectivity index (χ1v) is 6.64. The molecule has 4 nitrogen and oxygen atoms in total. The van der Waals surface area contributed by atoms with Gasteiger partial charge in [0.05, 0.1) is 12.7 Å². The molecule has 2 rings (SSSR count). The van der Waals surface area contributed by atoms with Crippen molar-refractivity contribution in [2.75, 3.05) is 13.7 Å². The molecule has 2 N–H and O–H groups in total. The van der Waals surface area contributed by atoms with Crippen LogP contribution in [0.15, 0.2) is 18.3 Å². The zero-order chi connectivity index (χ0) is 12.8. The molecule has 1 fully saturated rings. The van der Waals surface area contributed by atoms with Gasteiger partial charge in [-0.05, 0) is 18.4 Å². The van der Waals surface area contributed by atoms with Crippen LogP contribution in [-0.4, -0.2) is 29.3 Å². The van der Waals surface area contributed by atoms with Gasteiger partial charge in [0.1, 0.15) is 0 Å². The Balaban J connectivity index is 1.77. The maximum absolute atomic E-state index is 10.3. The minimum Gasteiger partial charge on any atom is -0.481 e. The van der Waals surface area contributed by atoms with Crippen LogP contribution in [0.3, 0.4) is 0 Å². The van der Waals surface area contributed by atoms with E-state index in [0.717, 1.165) is 37.8 Å². The number of rotatable bonds is 5. The quantitative estimate of drug-likeness (QED) is 0.837. The van der Waals surface area contributed by atoms with Gasteiger partial charge >= 0.3 is 0 Å². The second kappa shape index (κ2) is 6.16. The van der Waals surface area contributed by atoms with E-state index in [2.05, 4.69) is 10.3 Å². The van der Waals surface area contributed by atoms with Gasteiger partial charge in [-0.15, -0.1) is 0 Å². The molecule has 0 saturated heterocycles. The molecule has 1 aliphatic carbocycles. The highest BCUT2D eigenvalue weighted by molar-refractivity contribution is 5.17. The predicted octanol–water partition coefficient (Wildman–Crippen LogP) is 1.88. The molecule has 0 bridgehead atoms. The van der Waals surface area contributed by atoms with Crippen LogP contribution in [0.5, 0.6) is 5.88 Å². The predicted molar refractivity (Wildman–Crippen MR) is 70.5 cm³/mol. The average molecular weight is 250 g/mol. The van der Waals surface area contributed by atoms with Crippen LogP contribution < -0.4 is 10.1 Å². The van der Waals surface area contributed by atoms with Gasteiger partial charge < -0.3 is 15.2 Å². The van der Waals surface area contributed by atoms with Crippen molar-refractivity contribution in [1.29, 1.82) is 0 Å². The van der Waals surface area contributed by atoms with Crippen LogP contribution in [0.1, 0.15) is 37.7 Å². The standard InChI is InChI=1S/C14H22N2O2/c1-18-13-6-5-12(10-16-13)9-15-11-14(17)7-3-2-4-8-14/h5-6,10,15,17H,2-4,7-9,11H2,1H3. The molecule has 0 atom stereocenters. The van der Waals surface area contributed by atoms with Gasteiger partial charge in [0, 0.05) is 25.4 Å². The fourth-order valence-electron chi connectivity index (χ4n) is 2.46. The topological polar surface area (TPSA) is 54.4 Å². The SMILES string of the molecule is COc1ccc(CNCC2(O)CCCCC2)cn1. The number of hydrogen-bond acceptors (Lipinski definition) is 4. The molecule has 1 saturated carbocycles. The molecular weight excluding hydrogens is 228 g/mol. The van der Waals surface area contributed by atoms with Crippen LogP contribution in [0.25, 0.3) is 0 Å². The van der Waals surface area contributed by atoms with Crippen molar-refractivity contribution in [2.24, 2.45) is 0 Å². The third kappa shape index (κ3) is 3.68. The number of nitrogens with zero attached hydrogens (tertiary/aromatic N) is 1. The highest BCUT2D eigenvalue weighted by Gasteiger charge is 2.28. The Morgan fingerprint density at radius 2 is 2.11 bits per heavy atom. The maximum Gasteiger partial charge on any atom is 0.212 e. The first-order chi connectivity index (χ1) is 8.72. The zero-order valence-corrected chi connectivity index (χ0v) is 11.0. The fraction of sp³-hybridized carbons (Fsp3) is 0.643. The Morgan fingerprint density at radius 1 is 1.33 bits per heavy atom. The van der Waals surface area contributed by atoms with Crippen molar-refractivity contribution in [3.63, 3.8) is 0 Å². The van der Waals surface area contributed by atoms with E-state index in [4.69, 9.17) is 4.74 Å². The maximum atomic E-state index is 10.3. The second-order valence-corrected chi connectivity index (χ2v) is 5.10. The molecule has 4 heteroatoms. The van der Waals surface area contributed by atoms with Crippen LogP contribution in [-0.2, 0) is 6.54 Å². The van der Waals surface area contributed by atoms with E-state index < -0.39 is 5.60 Å². The van der Waals surface area contributed by atoms with Crippen molar-refractivity contribution in [2.45, 2.75) is 44.2 Å². The lowest BCUT2D eigenvalue weighted by molar-refractivity contribution is 0.00467. The van der Waals surface area contributed by atoms with E-state index >= 15 is 0 Å². The summed E-state index contributed by atoms with van der Waals surface area (Å²) in [4.78, 5) is 4.16. The number of hydrogen-bond donors (Lipinski definition) is 2. The lowest BCUT2D eigenvalue weighted by Gasteiger charge is -2.32. The van der Waals surface area contributed by atoms with Crippen molar-refractivity contribution < 1.29 is 9.84 Å². The largest absolute Gasteiger partial charge is 0.481 e. The van der Waals surface area contributed by atoms with Crippen molar-refractivity contribution >= 4 is 0 Å². The molecule has 0 aliphatic heterocycles. The van der Waals surface area contributed by atoms with Gasteiger partial charge in [-0.2, -0.15) is 0 Å². The molecule has 1 aromatic heterocycles. The van der Waals surface area contributed by atoms with Crippen molar-refractivity contribution in [1.82, 2.24) is 10.3 Å². The summed E-state index contributed by atoms with van der Waals surface area (Å²) in [5.74, 6) is 0.629. The van der Waals surface area contributed by atoms with E-state index in [-0.39, 0.29) is 0 Å². The first kappa shape index (κ1) is 13.3. The number of pyridine rings is 1. The molecule has 0 spiro atoms. The summed E-state index contributed by atoms with van der Waals surface area (Å²) in [6, 6.07) is 3.84. The first-order valence-electron chi connectivity index (χ1n) is 6.64. The summed E-state index contributed by atoms with van der Waals surface area (Å²) >= 11 is 0. The summed E-state index contributed by atoms with van der Waals surface area (Å²) in [5.41, 5.74) is 0.605. The summed E-state index contributed by atoms with van der Waals surface area (Å²) in [5, 5.41) is 13.7. The van der Waals surface area contributed by atoms with Gasteiger partial charge in [-0.25, -0.2) is 4.98 Å². The highest BCUT2D eigenvalue weighted by Crippen LogP contribution is 2.27. The summed E-state index contributed by atoms with van der Waals surface area (Å²) < 4.78 is 5.01.